The van der Waals surface area contributed by atoms with E-state index in [1.165, 1.54) is 10.8 Å². The van der Waals surface area contributed by atoms with Crippen molar-refractivity contribution in [1.82, 2.24) is 9.55 Å². The summed E-state index contributed by atoms with van der Waals surface area (Å²) in [5.74, 6) is -1.16. The van der Waals surface area contributed by atoms with Crippen LogP contribution in [0.5, 0.6) is 0 Å². The highest BCUT2D eigenvalue weighted by Gasteiger charge is 2.55. The molecule has 0 radical (unpaired) electrons. The first-order valence-corrected chi connectivity index (χ1v) is 13.4. The van der Waals surface area contributed by atoms with Crippen LogP contribution in [0.25, 0.3) is 0 Å². The minimum absolute atomic E-state index is 0.146. The van der Waals surface area contributed by atoms with Crippen LogP contribution in [-0.2, 0) is 14.0 Å². The monoisotopic (exact) mass is 494 g/mol. The number of H-pyrrole nitrogens is 1. The topological polar surface area (TPSA) is 111 Å². The van der Waals surface area contributed by atoms with Gasteiger partial charge in [-0.1, -0.05) is 81.4 Å². The van der Waals surface area contributed by atoms with Crippen molar-refractivity contribution in [2.75, 3.05) is 0 Å². The van der Waals surface area contributed by atoms with E-state index in [9.17, 15) is 19.5 Å². The number of aromatic amines is 1. The van der Waals surface area contributed by atoms with Gasteiger partial charge in [-0.25, -0.2) is 9.59 Å². The quantitative estimate of drug-likeness (QED) is 0.508. The number of rotatable bonds is 6. The Morgan fingerprint density at radius 3 is 2.09 bits per heavy atom. The zero-order valence-electron chi connectivity index (χ0n) is 20.2. The summed E-state index contributed by atoms with van der Waals surface area (Å²) in [5.41, 5.74) is -0.809. The normalized spacial score (nSPS) is 20.6. The van der Waals surface area contributed by atoms with Crippen molar-refractivity contribution >= 4 is 24.7 Å². The van der Waals surface area contributed by atoms with E-state index in [1.807, 2.05) is 60.7 Å². The molecule has 1 aromatic heterocycles. The molecule has 2 aromatic carbocycles. The minimum atomic E-state index is -3.05. The summed E-state index contributed by atoms with van der Waals surface area (Å²) in [6.45, 7) is 7.91. The molecule has 0 saturated carbocycles. The number of nitrogens with zero attached hydrogens (tertiary/aromatic N) is 1. The Morgan fingerprint density at radius 2 is 1.60 bits per heavy atom. The summed E-state index contributed by atoms with van der Waals surface area (Å²) < 4.78 is 14.1. The first kappa shape index (κ1) is 24.8. The maximum Gasteiger partial charge on any atom is 0.335 e. The number of hydrogen-bond donors (Lipinski definition) is 2. The molecule has 1 fully saturated rings. The molecule has 0 bridgehead atoms. The highest BCUT2D eigenvalue weighted by atomic mass is 28.4. The van der Waals surface area contributed by atoms with E-state index in [0.29, 0.717) is 5.56 Å². The summed E-state index contributed by atoms with van der Waals surface area (Å²) >= 11 is 0. The predicted octanol–water partition coefficient (Wildman–Crippen LogP) is 2.16. The number of aromatic nitrogens is 2. The molecule has 184 valence electrons. The average Bonchev–Trinajstić information content (AvgIpc) is 3.24. The van der Waals surface area contributed by atoms with Crippen LogP contribution in [0.3, 0.4) is 0 Å². The van der Waals surface area contributed by atoms with Gasteiger partial charge in [-0.2, -0.15) is 0 Å². The lowest BCUT2D eigenvalue weighted by Gasteiger charge is -2.45. The largest absolute Gasteiger partial charge is 0.479 e. The molecule has 0 spiro atoms. The summed E-state index contributed by atoms with van der Waals surface area (Å²) in [7, 11) is -3.05. The fraction of sp³-hybridized carbons (Fsp3) is 0.346. The number of aryl methyl sites for hydroxylation is 1. The molecule has 1 saturated heterocycles. The smallest absolute Gasteiger partial charge is 0.335 e. The van der Waals surface area contributed by atoms with Crippen molar-refractivity contribution in [2.24, 2.45) is 0 Å². The van der Waals surface area contributed by atoms with Crippen LogP contribution in [0.4, 0.5) is 0 Å². The molecule has 4 rings (SSSR count). The van der Waals surface area contributed by atoms with Gasteiger partial charge in [0.15, 0.2) is 6.10 Å². The molecule has 3 aromatic rings. The van der Waals surface area contributed by atoms with Crippen LogP contribution < -0.4 is 21.6 Å². The van der Waals surface area contributed by atoms with Gasteiger partial charge in [0.25, 0.3) is 13.9 Å². The molecule has 0 unspecified atom stereocenters. The first-order valence-electron chi connectivity index (χ1n) is 11.5. The molecule has 3 atom stereocenters. The van der Waals surface area contributed by atoms with Crippen molar-refractivity contribution in [2.45, 2.75) is 57.6 Å². The average molecular weight is 495 g/mol. The van der Waals surface area contributed by atoms with Gasteiger partial charge in [0.1, 0.15) is 6.23 Å². The molecular formula is C26H30N2O6Si. The van der Waals surface area contributed by atoms with E-state index in [2.05, 4.69) is 25.8 Å². The Labute approximate surface area is 204 Å². The van der Waals surface area contributed by atoms with E-state index in [-0.39, 0.29) is 11.5 Å². The number of ether oxygens (including phenoxy) is 1. The van der Waals surface area contributed by atoms with Gasteiger partial charge in [-0.15, -0.1) is 0 Å². The van der Waals surface area contributed by atoms with Gasteiger partial charge in [-0.05, 0) is 22.3 Å². The molecule has 8 nitrogen and oxygen atoms in total. The van der Waals surface area contributed by atoms with Crippen LogP contribution >= 0.6 is 0 Å². The highest BCUT2D eigenvalue weighted by molar-refractivity contribution is 6.99. The Kier molecular flexibility index (Phi) is 6.68. The Hall–Kier alpha value is -3.27. The second-order valence-corrected chi connectivity index (χ2v) is 14.1. The molecule has 2 heterocycles. The SMILES string of the molecule is Cc1cn([C@H]2C[C@H](O[Si](c3ccccc3)(c3ccccc3)C(C)(C)C)[C@@H](C(=O)O)O2)c(=O)[nH]c1=O. The van der Waals surface area contributed by atoms with Crippen molar-refractivity contribution in [3.05, 3.63) is 93.3 Å². The second kappa shape index (κ2) is 9.41. The number of nitrogens with one attached hydrogen (secondary N) is 1. The predicted molar refractivity (Wildman–Crippen MR) is 135 cm³/mol. The van der Waals surface area contributed by atoms with Gasteiger partial charge >= 0.3 is 11.7 Å². The molecule has 9 heteroatoms. The van der Waals surface area contributed by atoms with Gasteiger partial charge in [0.05, 0.1) is 6.10 Å². The van der Waals surface area contributed by atoms with E-state index in [4.69, 9.17) is 9.16 Å². The summed E-state index contributed by atoms with van der Waals surface area (Å²) in [6, 6.07) is 19.8. The molecule has 1 aliphatic rings. The van der Waals surface area contributed by atoms with E-state index in [1.54, 1.807) is 6.92 Å². The highest BCUT2D eigenvalue weighted by Crippen LogP contribution is 2.41. The van der Waals surface area contributed by atoms with Crippen molar-refractivity contribution in [3.63, 3.8) is 0 Å². The van der Waals surface area contributed by atoms with Gasteiger partial charge in [0.2, 0.25) is 0 Å². The number of aliphatic carboxylic acids is 1. The fourth-order valence-electron chi connectivity index (χ4n) is 4.86. The Balaban J connectivity index is 1.83. The number of carbonyl (C=O) groups is 1. The number of carboxylic acids is 1. The number of hydrogen-bond acceptors (Lipinski definition) is 5. The maximum absolute atomic E-state index is 12.5. The third-order valence-electron chi connectivity index (χ3n) is 6.52. The summed E-state index contributed by atoms with van der Waals surface area (Å²) in [5, 5.41) is 11.7. The Bertz CT molecular complexity index is 1270. The number of carboxylic acid groups (broad SMARTS) is 1. The van der Waals surface area contributed by atoms with Crippen LogP contribution in [0.2, 0.25) is 5.04 Å². The maximum atomic E-state index is 12.5. The molecule has 1 aliphatic heterocycles. The first-order chi connectivity index (χ1) is 16.5. The number of benzene rings is 2. The molecule has 0 amide bonds. The lowest BCUT2D eigenvalue weighted by Crippen LogP contribution is -2.68. The van der Waals surface area contributed by atoms with Crippen LogP contribution in [0.1, 0.15) is 39.0 Å². The molecular weight excluding hydrogens is 464 g/mol. The zero-order valence-corrected chi connectivity index (χ0v) is 21.2. The van der Waals surface area contributed by atoms with Gasteiger partial charge < -0.3 is 14.3 Å². The lowest BCUT2D eigenvalue weighted by molar-refractivity contribution is -0.154. The van der Waals surface area contributed by atoms with Gasteiger partial charge in [-0.3, -0.25) is 14.3 Å². The van der Waals surface area contributed by atoms with Gasteiger partial charge in [0, 0.05) is 18.2 Å². The van der Waals surface area contributed by atoms with E-state index >= 15 is 0 Å². The van der Waals surface area contributed by atoms with Crippen LogP contribution in [0.15, 0.2) is 76.4 Å². The molecule has 35 heavy (non-hydrogen) atoms. The third-order valence-corrected chi connectivity index (χ3v) is 11.6. The van der Waals surface area contributed by atoms with E-state index in [0.717, 1.165) is 10.4 Å². The zero-order chi connectivity index (χ0) is 25.4. The van der Waals surface area contributed by atoms with Crippen LogP contribution in [-0.4, -0.2) is 41.2 Å². The molecule has 2 N–H and O–H groups in total. The van der Waals surface area contributed by atoms with Crippen molar-refractivity contribution in [3.8, 4) is 0 Å². The summed E-state index contributed by atoms with van der Waals surface area (Å²) in [6.07, 6.45) is -1.44. The standard InChI is InChI=1S/C26H30N2O6Si/c1-17-16-28(25(32)27-23(17)29)21-15-20(22(33-21)24(30)31)34-35(26(2,3)4,18-11-7-5-8-12-18)19-13-9-6-10-14-19/h5-14,16,20-22H,15H2,1-4H3,(H,30,31)(H,27,29,32)/t20-,21+,22-/m0/s1. The Morgan fingerprint density at radius 1 is 1.06 bits per heavy atom. The second-order valence-electron chi connectivity index (χ2n) is 9.88. The van der Waals surface area contributed by atoms with Crippen LogP contribution in [0, 0.1) is 6.92 Å². The summed E-state index contributed by atoms with van der Waals surface area (Å²) in [4.78, 5) is 38.9. The lowest BCUT2D eigenvalue weighted by atomic mass is 10.2. The third kappa shape index (κ3) is 4.54. The minimum Gasteiger partial charge on any atom is -0.479 e. The van der Waals surface area contributed by atoms with E-state index < -0.39 is 44.0 Å². The molecule has 0 aliphatic carbocycles. The van der Waals surface area contributed by atoms with Crippen molar-refractivity contribution < 1.29 is 19.1 Å². The van der Waals surface area contributed by atoms with Crippen molar-refractivity contribution in [1.29, 1.82) is 0 Å². The fourth-order valence-corrected chi connectivity index (χ4v) is 9.55.